The number of halogens is 1. The molecule has 0 aliphatic heterocycles. The summed E-state index contributed by atoms with van der Waals surface area (Å²) < 4.78 is 17.7. The zero-order valence-corrected chi connectivity index (χ0v) is 15.8. The van der Waals surface area contributed by atoms with E-state index >= 15 is 0 Å². The van der Waals surface area contributed by atoms with Gasteiger partial charge < -0.3 is 9.13 Å². The van der Waals surface area contributed by atoms with E-state index in [9.17, 15) is 9.18 Å². The molecule has 3 aromatic heterocycles. The Bertz CT molecular complexity index is 1370. The molecule has 0 bridgehead atoms. The molecule has 29 heavy (non-hydrogen) atoms. The molecule has 0 spiro atoms. The lowest BCUT2D eigenvalue weighted by Gasteiger charge is -2.10. The number of carbonyl (C=O) groups is 1. The third kappa shape index (κ3) is 3.01. The van der Waals surface area contributed by atoms with Crippen LogP contribution in [-0.2, 0) is 13.6 Å². The molecule has 0 N–H and O–H groups in total. The molecule has 5 heteroatoms. The predicted octanol–water partition coefficient (Wildman–Crippen LogP) is 4.95. The van der Waals surface area contributed by atoms with E-state index in [-0.39, 0.29) is 11.6 Å². The molecule has 5 aromatic rings. The lowest BCUT2D eigenvalue weighted by molar-refractivity contribution is 0.103. The number of pyridine rings is 1. The van der Waals surface area contributed by atoms with Gasteiger partial charge in [-0.3, -0.25) is 9.78 Å². The summed E-state index contributed by atoms with van der Waals surface area (Å²) in [6.45, 7) is 0.435. The normalized spacial score (nSPS) is 11.4. The van der Waals surface area contributed by atoms with Gasteiger partial charge in [-0.05, 0) is 60.7 Å². The summed E-state index contributed by atoms with van der Waals surface area (Å²) in [5.74, 6) is -0.416. The second-order valence-corrected chi connectivity index (χ2v) is 7.17. The minimum absolute atomic E-state index is 0.0942. The Balaban J connectivity index is 1.65. The molecule has 0 aliphatic rings. The van der Waals surface area contributed by atoms with Crippen LogP contribution in [0.3, 0.4) is 0 Å². The average Bonchev–Trinajstić information content (AvgIpc) is 3.28. The van der Waals surface area contributed by atoms with Crippen LogP contribution in [0.4, 0.5) is 4.39 Å². The smallest absolute Gasteiger partial charge is 0.209 e. The largest absolute Gasteiger partial charge is 0.351 e. The molecule has 0 amide bonds. The van der Waals surface area contributed by atoms with Crippen LogP contribution in [0.1, 0.15) is 21.7 Å². The summed E-state index contributed by atoms with van der Waals surface area (Å²) in [5, 5.41) is 1.71. The van der Waals surface area contributed by atoms with Crippen molar-refractivity contribution in [3.8, 4) is 0 Å². The van der Waals surface area contributed by atoms with Crippen molar-refractivity contribution >= 4 is 27.6 Å². The first-order valence-corrected chi connectivity index (χ1v) is 9.39. The van der Waals surface area contributed by atoms with Gasteiger partial charge in [0.2, 0.25) is 5.78 Å². The molecule has 0 radical (unpaired) electrons. The highest BCUT2D eigenvalue weighted by Crippen LogP contribution is 2.25. The molecule has 0 aliphatic carbocycles. The highest BCUT2D eigenvalue weighted by Gasteiger charge is 2.19. The van der Waals surface area contributed by atoms with Gasteiger partial charge in [0.1, 0.15) is 5.82 Å². The molecule has 0 saturated heterocycles. The number of aryl methyl sites for hydroxylation is 1. The Morgan fingerprint density at radius 3 is 2.66 bits per heavy atom. The average molecular weight is 383 g/mol. The first kappa shape index (κ1) is 17.4. The molecule has 5 rings (SSSR count). The van der Waals surface area contributed by atoms with E-state index in [0.29, 0.717) is 23.2 Å². The zero-order chi connectivity index (χ0) is 20.0. The third-order valence-electron chi connectivity index (χ3n) is 5.29. The van der Waals surface area contributed by atoms with Crippen molar-refractivity contribution in [3.05, 3.63) is 102 Å². The Labute approximate surface area is 166 Å². The number of hydrogen-bond acceptors (Lipinski definition) is 2. The van der Waals surface area contributed by atoms with E-state index in [1.54, 1.807) is 18.3 Å². The van der Waals surface area contributed by atoms with Crippen LogP contribution in [0.2, 0.25) is 0 Å². The number of fused-ring (bicyclic) bond motifs is 2. The van der Waals surface area contributed by atoms with Crippen LogP contribution >= 0.6 is 0 Å². The number of carbonyl (C=O) groups excluding carboxylic acids is 1. The fourth-order valence-corrected chi connectivity index (χ4v) is 3.82. The lowest BCUT2D eigenvalue weighted by atomic mass is 10.1. The second-order valence-electron chi connectivity index (χ2n) is 7.17. The number of benzene rings is 2. The molecule has 3 heterocycles. The van der Waals surface area contributed by atoms with E-state index in [1.807, 2.05) is 64.8 Å². The second kappa shape index (κ2) is 6.71. The third-order valence-corrected chi connectivity index (χ3v) is 5.29. The Morgan fingerprint density at radius 2 is 1.83 bits per heavy atom. The predicted molar refractivity (Wildman–Crippen MR) is 112 cm³/mol. The van der Waals surface area contributed by atoms with Crippen LogP contribution in [-0.4, -0.2) is 19.9 Å². The number of nitrogens with zero attached hydrogens (tertiary/aromatic N) is 3. The van der Waals surface area contributed by atoms with Crippen molar-refractivity contribution < 1.29 is 9.18 Å². The highest BCUT2D eigenvalue weighted by atomic mass is 19.1. The van der Waals surface area contributed by atoms with E-state index < -0.39 is 0 Å². The number of aromatic nitrogens is 3. The van der Waals surface area contributed by atoms with E-state index in [0.717, 1.165) is 22.1 Å². The van der Waals surface area contributed by atoms with E-state index in [2.05, 4.69) is 4.98 Å². The van der Waals surface area contributed by atoms with Gasteiger partial charge in [-0.2, -0.15) is 0 Å². The molecule has 142 valence electrons. The summed E-state index contributed by atoms with van der Waals surface area (Å²) in [4.78, 5) is 17.8. The fourth-order valence-electron chi connectivity index (χ4n) is 3.82. The van der Waals surface area contributed by atoms with Crippen molar-refractivity contribution in [2.45, 2.75) is 6.54 Å². The summed E-state index contributed by atoms with van der Waals surface area (Å²) in [6, 6.07) is 19.7. The highest BCUT2D eigenvalue weighted by molar-refractivity contribution is 6.12. The van der Waals surface area contributed by atoms with Gasteiger partial charge in [0.15, 0.2) is 0 Å². The van der Waals surface area contributed by atoms with Crippen molar-refractivity contribution in [1.82, 2.24) is 14.1 Å². The van der Waals surface area contributed by atoms with E-state index in [1.165, 1.54) is 12.1 Å². The van der Waals surface area contributed by atoms with Gasteiger partial charge in [0.25, 0.3) is 0 Å². The first-order valence-electron chi connectivity index (χ1n) is 9.39. The molecular weight excluding hydrogens is 365 g/mol. The SMILES string of the molecule is Cn1ccc2cc(C(=O)c3cc4cc(F)ccc4n3Cc3ccccn3)ccc21. The van der Waals surface area contributed by atoms with Crippen LogP contribution in [0.25, 0.3) is 21.8 Å². The van der Waals surface area contributed by atoms with Crippen LogP contribution in [0.5, 0.6) is 0 Å². The van der Waals surface area contributed by atoms with Gasteiger partial charge in [-0.25, -0.2) is 4.39 Å². The molecule has 4 nitrogen and oxygen atoms in total. The van der Waals surface area contributed by atoms with Gasteiger partial charge in [0, 0.05) is 46.8 Å². The fraction of sp³-hybridized carbons (Fsp3) is 0.0833. The number of rotatable bonds is 4. The Hall–Kier alpha value is -3.73. The van der Waals surface area contributed by atoms with Crippen molar-refractivity contribution in [2.75, 3.05) is 0 Å². The van der Waals surface area contributed by atoms with Gasteiger partial charge in [-0.15, -0.1) is 0 Å². The number of hydrogen-bond donors (Lipinski definition) is 0. The van der Waals surface area contributed by atoms with Crippen molar-refractivity contribution in [3.63, 3.8) is 0 Å². The quantitative estimate of drug-likeness (QED) is 0.412. The monoisotopic (exact) mass is 383 g/mol. The van der Waals surface area contributed by atoms with E-state index in [4.69, 9.17) is 0 Å². The standard InChI is InChI=1S/C24H18FN3O/c1-27-11-9-16-12-17(5-7-21(16)27)24(29)23-14-18-13-19(25)6-8-22(18)28(23)15-20-4-2-3-10-26-20/h2-14H,15H2,1H3. The van der Waals surface area contributed by atoms with Crippen LogP contribution < -0.4 is 0 Å². The maximum Gasteiger partial charge on any atom is 0.209 e. The first-order chi connectivity index (χ1) is 14.1. The summed E-state index contributed by atoms with van der Waals surface area (Å²) in [7, 11) is 1.98. The Morgan fingerprint density at radius 1 is 0.966 bits per heavy atom. The molecule has 0 saturated carbocycles. The van der Waals surface area contributed by atoms with Gasteiger partial charge in [-0.1, -0.05) is 6.07 Å². The maximum atomic E-state index is 13.8. The van der Waals surface area contributed by atoms with Crippen molar-refractivity contribution in [1.29, 1.82) is 0 Å². The van der Waals surface area contributed by atoms with Crippen LogP contribution in [0, 0.1) is 5.82 Å². The molecule has 0 fully saturated rings. The molecule has 0 atom stereocenters. The Kier molecular flexibility index (Phi) is 4.02. The van der Waals surface area contributed by atoms with Crippen molar-refractivity contribution in [2.24, 2.45) is 7.05 Å². The summed E-state index contributed by atoms with van der Waals surface area (Å²) in [6.07, 6.45) is 3.70. The summed E-state index contributed by atoms with van der Waals surface area (Å²) >= 11 is 0. The molecule has 0 unspecified atom stereocenters. The molecular formula is C24H18FN3O. The zero-order valence-electron chi connectivity index (χ0n) is 15.8. The van der Waals surface area contributed by atoms with Gasteiger partial charge in [0.05, 0.1) is 17.9 Å². The minimum atomic E-state index is -0.322. The van der Waals surface area contributed by atoms with Gasteiger partial charge >= 0.3 is 0 Å². The minimum Gasteiger partial charge on any atom is -0.351 e. The lowest BCUT2D eigenvalue weighted by Crippen LogP contribution is -2.11. The topological polar surface area (TPSA) is 39.8 Å². The number of ketones is 1. The summed E-state index contributed by atoms with van der Waals surface area (Å²) in [5.41, 5.74) is 3.83. The van der Waals surface area contributed by atoms with Crippen LogP contribution in [0.15, 0.2) is 79.1 Å². The maximum absolute atomic E-state index is 13.8. The molecule has 2 aromatic carbocycles.